The normalized spacial score (nSPS) is 10.6. The first-order chi connectivity index (χ1) is 17.0. The number of carbonyl (C=O) groups is 3. The van der Waals surface area contributed by atoms with E-state index in [1.165, 1.54) is 23.9 Å². The van der Waals surface area contributed by atoms with Crippen LogP contribution in [0, 0.1) is 0 Å². The molecule has 4 aromatic rings. The summed E-state index contributed by atoms with van der Waals surface area (Å²) in [6.45, 7) is 3.46. The first kappa shape index (κ1) is 23.5. The third kappa shape index (κ3) is 5.47. The van der Waals surface area contributed by atoms with Crippen molar-refractivity contribution in [2.24, 2.45) is 0 Å². The van der Waals surface area contributed by atoms with Crippen LogP contribution in [0.2, 0.25) is 0 Å². The lowest BCUT2D eigenvalue weighted by Gasteiger charge is -2.10. The fraction of sp³-hybridized carbons (Fsp3) is 0.154. The van der Waals surface area contributed by atoms with Crippen molar-refractivity contribution in [3.8, 4) is 11.4 Å². The molecular weight excluding hydrogens is 450 g/mol. The summed E-state index contributed by atoms with van der Waals surface area (Å²) in [6.07, 6.45) is 1.35. The lowest BCUT2D eigenvalue weighted by atomic mass is 10.1. The summed E-state index contributed by atoms with van der Waals surface area (Å²) in [5.41, 5.74) is 1.36. The number of benzene rings is 2. The van der Waals surface area contributed by atoms with E-state index in [1.54, 1.807) is 49.4 Å². The Labute approximate surface area is 201 Å². The highest BCUT2D eigenvalue weighted by atomic mass is 16.5. The van der Waals surface area contributed by atoms with Gasteiger partial charge >= 0.3 is 5.97 Å². The van der Waals surface area contributed by atoms with Crippen LogP contribution in [-0.4, -0.2) is 34.0 Å². The zero-order chi connectivity index (χ0) is 24.8. The molecule has 0 fully saturated rings. The molecule has 0 aliphatic carbocycles. The van der Waals surface area contributed by atoms with Gasteiger partial charge in [-0.2, -0.15) is 5.10 Å². The first-order valence-electron chi connectivity index (χ1n) is 10.9. The molecule has 0 unspecified atom stereocenters. The number of anilines is 1. The van der Waals surface area contributed by atoms with E-state index in [9.17, 15) is 14.4 Å². The van der Waals surface area contributed by atoms with Crippen LogP contribution >= 0.6 is 0 Å². The Morgan fingerprint density at radius 2 is 1.74 bits per heavy atom. The minimum Gasteiger partial charge on any atom is -0.486 e. The maximum atomic E-state index is 12.9. The van der Waals surface area contributed by atoms with Gasteiger partial charge < -0.3 is 19.2 Å². The van der Waals surface area contributed by atoms with Crippen LogP contribution in [0.5, 0.6) is 5.75 Å². The molecule has 0 bridgehead atoms. The lowest BCUT2D eigenvalue weighted by Crippen LogP contribution is -2.17. The van der Waals surface area contributed by atoms with Crippen LogP contribution in [0.3, 0.4) is 0 Å². The maximum absolute atomic E-state index is 12.9. The molecule has 178 valence electrons. The molecule has 0 atom stereocenters. The van der Waals surface area contributed by atoms with Crippen LogP contribution in [-0.2, 0) is 11.3 Å². The summed E-state index contributed by atoms with van der Waals surface area (Å²) in [5, 5.41) is 6.96. The second kappa shape index (κ2) is 10.5. The number of furan rings is 1. The maximum Gasteiger partial charge on any atom is 0.343 e. The monoisotopic (exact) mass is 473 g/mol. The minimum absolute atomic E-state index is 0.0297. The molecule has 0 aliphatic heterocycles. The summed E-state index contributed by atoms with van der Waals surface area (Å²) in [7, 11) is 0. The quantitative estimate of drug-likeness (QED) is 0.277. The second-order valence-electron chi connectivity index (χ2n) is 7.46. The molecule has 0 radical (unpaired) electrons. The van der Waals surface area contributed by atoms with Gasteiger partial charge in [-0.05, 0) is 62.4 Å². The second-order valence-corrected chi connectivity index (χ2v) is 7.46. The van der Waals surface area contributed by atoms with Crippen molar-refractivity contribution in [3.05, 3.63) is 95.6 Å². The predicted molar refractivity (Wildman–Crippen MR) is 127 cm³/mol. The summed E-state index contributed by atoms with van der Waals surface area (Å²) >= 11 is 0. The number of hydrogen-bond donors (Lipinski definition) is 1. The van der Waals surface area contributed by atoms with Crippen molar-refractivity contribution in [1.82, 2.24) is 9.78 Å². The van der Waals surface area contributed by atoms with Gasteiger partial charge in [-0.1, -0.05) is 18.2 Å². The lowest BCUT2D eigenvalue weighted by molar-refractivity contribution is 0.0527. The Morgan fingerprint density at radius 3 is 2.43 bits per heavy atom. The standard InChI is InChI=1S/C26H23N3O6/c1-3-33-26(32)22-15-27-29(19-7-5-4-6-8-19)24(22)28-25(31)23-14-13-21(35-23)16-34-20-11-9-18(10-12-20)17(2)30/h4-15H,3,16H2,1-2H3,(H,28,31). The molecule has 9 heteroatoms. The third-order valence-electron chi connectivity index (χ3n) is 5.02. The third-order valence-corrected chi connectivity index (χ3v) is 5.02. The van der Waals surface area contributed by atoms with Gasteiger partial charge in [0.1, 0.15) is 23.7 Å². The fourth-order valence-electron chi connectivity index (χ4n) is 3.28. The van der Waals surface area contributed by atoms with E-state index in [0.29, 0.717) is 22.8 Å². The Morgan fingerprint density at radius 1 is 1.00 bits per heavy atom. The Hall–Kier alpha value is -4.66. The number of rotatable bonds is 9. The van der Waals surface area contributed by atoms with Crippen LogP contribution < -0.4 is 10.1 Å². The number of Topliss-reactive ketones (excluding diaryl/α,β-unsaturated/α-hetero) is 1. The van der Waals surface area contributed by atoms with Crippen LogP contribution in [0.25, 0.3) is 5.69 Å². The molecule has 0 spiro atoms. The van der Waals surface area contributed by atoms with Gasteiger partial charge in [-0.15, -0.1) is 0 Å². The van der Waals surface area contributed by atoms with Gasteiger partial charge in [0.05, 0.1) is 18.5 Å². The molecule has 2 aromatic carbocycles. The van der Waals surface area contributed by atoms with Crippen LogP contribution in [0.4, 0.5) is 5.82 Å². The molecule has 0 saturated carbocycles. The van der Waals surface area contributed by atoms with Crippen molar-refractivity contribution in [1.29, 1.82) is 0 Å². The molecule has 0 saturated heterocycles. The van der Waals surface area contributed by atoms with Crippen molar-refractivity contribution < 1.29 is 28.3 Å². The number of amides is 1. The van der Waals surface area contributed by atoms with Gasteiger partial charge in [0.15, 0.2) is 17.4 Å². The number of esters is 1. The van der Waals surface area contributed by atoms with Crippen LogP contribution in [0.1, 0.15) is 50.9 Å². The fourth-order valence-corrected chi connectivity index (χ4v) is 3.28. The van der Waals surface area contributed by atoms with E-state index in [1.807, 2.05) is 18.2 Å². The van der Waals surface area contributed by atoms with E-state index >= 15 is 0 Å². The Bertz CT molecular complexity index is 1340. The van der Waals surface area contributed by atoms with Gasteiger partial charge in [-0.3, -0.25) is 9.59 Å². The number of aromatic nitrogens is 2. The largest absolute Gasteiger partial charge is 0.486 e. The summed E-state index contributed by atoms with van der Waals surface area (Å²) in [5.74, 6) is -0.0145. The summed E-state index contributed by atoms with van der Waals surface area (Å²) in [6, 6.07) is 18.9. The molecule has 4 rings (SSSR count). The highest BCUT2D eigenvalue weighted by Gasteiger charge is 2.23. The zero-order valence-electron chi connectivity index (χ0n) is 19.2. The highest BCUT2D eigenvalue weighted by Crippen LogP contribution is 2.23. The number of carbonyl (C=O) groups excluding carboxylic acids is 3. The number of ether oxygens (including phenoxy) is 2. The van der Waals surface area contributed by atoms with Crippen molar-refractivity contribution in [2.75, 3.05) is 11.9 Å². The molecule has 2 aromatic heterocycles. The highest BCUT2D eigenvalue weighted by molar-refractivity contribution is 6.06. The van der Waals surface area contributed by atoms with Crippen molar-refractivity contribution >= 4 is 23.5 Å². The van der Waals surface area contributed by atoms with Gasteiger partial charge in [0, 0.05) is 5.56 Å². The number of ketones is 1. The minimum atomic E-state index is -0.602. The number of nitrogens with one attached hydrogen (secondary N) is 1. The van der Waals surface area contributed by atoms with Gasteiger partial charge in [-0.25, -0.2) is 9.48 Å². The average Bonchev–Trinajstić information content (AvgIpc) is 3.51. The van der Waals surface area contributed by atoms with E-state index in [0.717, 1.165) is 0 Å². The molecular formula is C26H23N3O6. The van der Waals surface area contributed by atoms with Crippen molar-refractivity contribution in [2.45, 2.75) is 20.5 Å². The molecule has 9 nitrogen and oxygen atoms in total. The summed E-state index contributed by atoms with van der Waals surface area (Å²) in [4.78, 5) is 36.8. The Kier molecular flexibility index (Phi) is 7.06. The molecule has 1 amide bonds. The number of nitrogens with zero attached hydrogens (tertiary/aromatic N) is 2. The SMILES string of the molecule is CCOC(=O)c1cnn(-c2ccccc2)c1NC(=O)c1ccc(COc2ccc(C(C)=O)cc2)o1. The van der Waals surface area contributed by atoms with Gasteiger partial charge in [0.2, 0.25) is 0 Å². The molecule has 1 N–H and O–H groups in total. The predicted octanol–water partition coefficient (Wildman–Crippen LogP) is 4.68. The van der Waals surface area contributed by atoms with E-state index in [4.69, 9.17) is 13.9 Å². The number of hydrogen-bond acceptors (Lipinski definition) is 7. The first-order valence-corrected chi connectivity index (χ1v) is 10.9. The van der Waals surface area contributed by atoms with E-state index < -0.39 is 11.9 Å². The molecule has 0 aliphatic rings. The smallest absolute Gasteiger partial charge is 0.343 e. The summed E-state index contributed by atoms with van der Waals surface area (Å²) < 4.78 is 17.9. The Balaban J connectivity index is 1.49. The molecule has 35 heavy (non-hydrogen) atoms. The number of para-hydroxylation sites is 1. The van der Waals surface area contributed by atoms with Crippen molar-refractivity contribution in [3.63, 3.8) is 0 Å². The van der Waals surface area contributed by atoms with Gasteiger partial charge in [0.25, 0.3) is 5.91 Å². The average molecular weight is 473 g/mol. The van der Waals surface area contributed by atoms with Crippen LogP contribution in [0.15, 0.2) is 77.3 Å². The molecule has 2 heterocycles. The zero-order valence-corrected chi connectivity index (χ0v) is 19.2. The van der Waals surface area contributed by atoms with E-state index in [-0.39, 0.29) is 36.1 Å². The topological polar surface area (TPSA) is 113 Å². The van der Waals surface area contributed by atoms with E-state index in [2.05, 4.69) is 10.4 Å².